The molecule has 0 fully saturated rings. The van der Waals surface area contributed by atoms with Crippen molar-refractivity contribution in [3.63, 3.8) is 0 Å². The van der Waals surface area contributed by atoms with Crippen LogP contribution in [0.25, 0.3) is 0 Å². The highest BCUT2D eigenvalue weighted by molar-refractivity contribution is 5.66. The van der Waals surface area contributed by atoms with Gasteiger partial charge in [-0.3, -0.25) is 4.84 Å². The van der Waals surface area contributed by atoms with E-state index in [9.17, 15) is 4.79 Å². The fourth-order valence-corrected chi connectivity index (χ4v) is 0.959. The molecule has 6 heteroatoms. The van der Waals surface area contributed by atoms with Gasteiger partial charge >= 0.3 is 6.09 Å². The number of hydrogen-bond acceptors (Lipinski definition) is 5. The highest BCUT2D eigenvalue weighted by atomic mass is 16.7. The summed E-state index contributed by atoms with van der Waals surface area (Å²) in [6.45, 7) is 8.38. The van der Waals surface area contributed by atoms with Crippen LogP contribution in [0.1, 0.15) is 27.7 Å². The fourth-order valence-electron chi connectivity index (χ4n) is 0.959. The monoisotopic (exact) mass is 249 g/mol. The molecule has 0 aliphatic carbocycles. The Bertz CT molecular complexity index is 214. The molecule has 0 rings (SSSR count). The summed E-state index contributed by atoms with van der Waals surface area (Å²) >= 11 is 0. The molecular weight excluding hydrogens is 226 g/mol. The second-order valence-electron chi connectivity index (χ2n) is 4.34. The zero-order chi connectivity index (χ0) is 13.3. The molecule has 0 aliphatic heterocycles. The number of aliphatic hydroxyl groups excluding tert-OH is 1. The molecule has 0 aromatic heterocycles. The number of carbonyl (C=O) groups is 1. The van der Waals surface area contributed by atoms with Gasteiger partial charge in [-0.2, -0.15) is 5.06 Å². The predicted molar refractivity (Wildman–Crippen MR) is 62.5 cm³/mol. The Morgan fingerprint density at radius 3 is 2.35 bits per heavy atom. The van der Waals surface area contributed by atoms with Crippen molar-refractivity contribution in [3.8, 4) is 0 Å². The normalized spacial score (nSPS) is 11.4. The minimum atomic E-state index is -0.540. The smallest absolute Gasteiger partial charge is 0.434 e. The van der Waals surface area contributed by atoms with Gasteiger partial charge in [0.15, 0.2) is 0 Å². The van der Waals surface area contributed by atoms with Gasteiger partial charge in [-0.15, -0.1) is 0 Å². The minimum Gasteiger partial charge on any atom is -0.442 e. The summed E-state index contributed by atoms with van der Waals surface area (Å²) in [5, 5.41) is 9.63. The molecule has 102 valence electrons. The lowest BCUT2D eigenvalue weighted by atomic mass is 10.2. The summed E-state index contributed by atoms with van der Waals surface area (Å²) in [7, 11) is 0. The molecule has 0 unspecified atom stereocenters. The van der Waals surface area contributed by atoms with Gasteiger partial charge in [0.1, 0.15) is 5.60 Å². The van der Waals surface area contributed by atoms with Gasteiger partial charge in [-0.05, 0) is 27.7 Å². The van der Waals surface area contributed by atoms with E-state index in [1.165, 1.54) is 0 Å². The molecule has 0 spiro atoms. The number of ether oxygens (including phenoxy) is 2. The number of hydrogen-bond donors (Lipinski definition) is 1. The summed E-state index contributed by atoms with van der Waals surface area (Å²) in [5.74, 6) is 0. The average Bonchev–Trinajstić information content (AvgIpc) is 2.20. The largest absolute Gasteiger partial charge is 0.442 e. The number of amides is 1. The quantitative estimate of drug-likeness (QED) is 0.542. The first-order valence-electron chi connectivity index (χ1n) is 5.72. The zero-order valence-corrected chi connectivity index (χ0v) is 11.1. The van der Waals surface area contributed by atoms with Crippen molar-refractivity contribution in [2.45, 2.75) is 33.3 Å². The van der Waals surface area contributed by atoms with Crippen molar-refractivity contribution in [2.24, 2.45) is 0 Å². The summed E-state index contributed by atoms with van der Waals surface area (Å²) in [5.41, 5.74) is -0.540. The van der Waals surface area contributed by atoms with Crippen LogP contribution in [0.15, 0.2) is 0 Å². The zero-order valence-electron chi connectivity index (χ0n) is 11.1. The topological polar surface area (TPSA) is 68.2 Å². The van der Waals surface area contributed by atoms with E-state index < -0.39 is 11.7 Å². The summed E-state index contributed by atoms with van der Waals surface area (Å²) in [6, 6.07) is 0. The van der Waals surface area contributed by atoms with E-state index in [1.54, 1.807) is 27.7 Å². The van der Waals surface area contributed by atoms with Gasteiger partial charge in [0, 0.05) is 6.54 Å². The van der Waals surface area contributed by atoms with Crippen LogP contribution in [0, 0.1) is 0 Å². The third kappa shape index (κ3) is 8.91. The van der Waals surface area contributed by atoms with Gasteiger partial charge in [-0.1, -0.05) is 0 Å². The number of nitrogens with zero attached hydrogens (tertiary/aromatic N) is 1. The molecule has 0 saturated heterocycles. The van der Waals surface area contributed by atoms with Crippen LogP contribution in [-0.2, 0) is 14.3 Å². The van der Waals surface area contributed by atoms with Gasteiger partial charge in [-0.25, -0.2) is 4.79 Å². The maximum atomic E-state index is 11.6. The van der Waals surface area contributed by atoms with Crippen LogP contribution < -0.4 is 0 Å². The Morgan fingerprint density at radius 1 is 1.24 bits per heavy atom. The van der Waals surface area contributed by atoms with E-state index in [2.05, 4.69) is 0 Å². The van der Waals surface area contributed by atoms with E-state index in [0.29, 0.717) is 13.2 Å². The SMILES string of the molecule is CCN(OCCOCCO)C(=O)OC(C)(C)C. The Morgan fingerprint density at radius 2 is 1.88 bits per heavy atom. The summed E-state index contributed by atoms with van der Waals surface area (Å²) < 4.78 is 10.2. The van der Waals surface area contributed by atoms with Crippen molar-refractivity contribution in [1.82, 2.24) is 5.06 Å². The van der Waals surface area contributed by atoms with Gasteiger partial charge in [0.05, 0.1) is 26.4 Å². The highest BCUT2D eigenvalue weighted by Crippen LogP contribution is 2.09. The number of hydroxylamine groups is 2. The van der Waals surface area contributed by atoms with Crippen LogP contribution in [-0.4, -0.2) is 54.8 Å². The van der Waals surface area contributed by atoms with Crippen molar-refractivity contribution in [3.05, 3.63) is 0 Å². The minimum absolute atomic E-state index is 0.0242. The molecular formula is C11H23NO5. The number of rotatable bonds is 7. The van der Waals surface area contributed by atoms with Gasteiger partial charge < -0.3 is 14.6 Å². The van der Waals surface area contributed by atoms with E-state index in [0.717, 1.165) is 5.06 Å². The number of carbonyl (C=O) groups excluding carboxylic acids is 1. The van der Waals surface area contributed by atoms with Crippen LogP contribution in [0.2, 0.25) is 0 Å². The standard InChI is InChI=1S/C11H23NO5/c1-5-12(10(14)17-11(2,3)4)16-9-8-15-7-6-13/h13H,5-9H2,1-4H3. The molecule has 17 heavy (non-hydrogen) atoms. The number of aliphatic hydroxyl groups is 1. The van der Waals surface area contributed by atoms with Crippen molar-refractivity contribution in [1.29, 1.82) is 0 Å². The lowest BCUT2D eigenvalue weighted by Crippen LogP contribution is -2.37. The molecule has 0 bridgehead atoms. The first-order valence-corrected chi connectivity index (χ1v) is 5.72. The Hall–Kier alpha value is -0.850. The van der Waals surface area contributed by atoms with Crippen molar-refractivity contribution in [2.75, 3.05) is 33.0 Å². The van der Waals surface area contributed by atoms with E-state index in [-0.39, 0.29) is 19.8 Å². The average molecular weight is 249 g/mol. The molecule has 1 N–H and O–H groups in total. The third-order valence-corrected chi connectivity index (χ3v) is 1.59. The highest BCUT2D eigenvalue weighted by Gasteiger charge is 2.21. The molecule has 0 heterocycles. The van der Waals surface area contributed by atoms with Gasteiger partial charge in [0.2, 0.25) is 0 Å². The summed E-state index contributed by atoms with van der Waals surface area (Å²) in [4.78, 5) is 16.8. The molecule has 0 aromatic carbocycles. The second-order valence-corrected chi connectivity index (χ2v) is 4.34. The molecule has 0 aliphatic rings. The van der Waals surface area contributed by atoms with E-state index >= 15 is 0 Å². The van der Waals surface area contributed by atoms with Crippen molar-refractivity contribution >= 4 is 6.09 Å². The molecule has 6 nitrogen and oxygen atoms in total. The second kappa shape index (κ2) is 8.27. The Kier molecular flexibility index (Phi) is 7.86. The maximum Gasteiger partial charge on any atom is 0.434 e. The van der Waals surface area contributed by atoms with E-state index in [4.69, 9.17) is 19.4 Å². The van der Waals surface area contributed by atoms with E-state index in [1.807, 2.05) is 0 Å². The summed E-state index contributed by atoms with van der Waals surface area (Å²) in [6.07, 6.45) is -0.512. The Labute approximate surface area is 102 Å². The fraction of sp³-hybridized carbons (Fsp3) is 0.909. The van der Waals surface area contributed by atoms with Crippen LogP contribution in [0.5, 0.6) is 0 Å². The van der Waals surface area contributed by atoms with Crippen LogP contribution >= 0.6 is 0 Å². The van der Waals surface area contributed by atoms with Crippen LogP contribution in [0.3, 0.4) is 0 Å². The van der Waals surface area contributed by atoms with Crippen molar-refractivity contribution < 1.29 is 24.2 Å². The third-order valence-electron chi connectivity index (χ3n) is 1.59. The molecule has 0 atom stereocenters. The first-order chi connectivity index (χ1) is 7.90. The lowest BCUT2D eigenvalue weighted by molar-refractivity contribution is -0.154. The van der Waals surface area contributed by atoms with Crippen LogP contribution in [0.4, 0.5) is 4.79 Å². The van der Waals surface area contributed by atoms with Gasteiger partial charge in [0.25, 0.3) is 0 Å². The first kappa shape index (κ1) is 16.1. The predicted octanol–water partition coefficient (Wildman–Crippen LogP) is 1.18. The molecule has 0 radical (unpaired) electrons. The molecule has 1 amide bonds. The molecule has 0 saturated carbocycles. The molecule has 0 aromatic rings. The Balaban J connectivity index is 3.86. The maximum absolute atomic E-state index is 11.6. The lowest BCUT2D eigenvalue weighted by Gasteiger charge is -2.25.